The predicted molar refractivity (Wildman–Crippen MR) is 62.5 cm³/mol. The van der Waals surface area contributed by atoms with Gasteiger partial charge in [0, 0.05) is 4.47 Å². The molecule has 0 radical (unpaired) electrons. The minimum atomic E-state index is -0.576. The van der Waals surface area contributed by atoms with Gasteiger partial charge in [0.25, 0.3) is 0 Å². The average molecular weight is 278 g/mol. The summed E-state index contributed by atoms with van der Waals surface area (Å²) < 4.78 is 0.748. The molecule has 0 saturated heterocycles. The van der Waals surface area contributed by atoms with Crippen LogP contribution >= 0.6 is 27.5 Å². The zero-order valence-corrected chi connectivity index (χ0v) is 9.89. The van der Waals surface area contributed by atoms with Crippen molar-refractivity contribution in [2.75, 3.05) is 11.1 Å². The Morgan fingerprint density at radius 1 is 1.64 bits per heavy atom. The number of benzene rings is 1. The van der Waals surface area contributed by atoms with Crippen LogP contribution in [-0.2, 0) is 4.79 Å². The standard InChI is InChI=1S/C9H10BrClN2O/c1-5(11)9(14)13-7-4-2-3-6(10)8(7)12/h2-5H,12H2,1H3,(H,13,14). The Morgan fingerprint density at radius 2 is 2.29 bits per heavy atom. The van der Waals surface area contributed by atoms with Crippen molar-refractivity contribution in [3.05, 3.63) is 22.7 Å². The lowest BCUT2D eigenvalue weighted by molar-refractivity contribution is -0.115. The highest BCUT2D eigenvalue weighted by atomic mass is 79.9. The van der Waals surface area contributed by atoms with Gasteiger partial charge < -0.3 is 11.1 Å². The van der Waals surface area contributed by atoms with Crippen molar-refractivity contribution in [3.63, 3.8) is 0 Å². The molecule has 0 spiro atoms. The molecule has 1 atom stereocenters. The van der Waals surface area contributed by atoms with Gasteiger partial charge >= 0.3 is 0 Å². The van der Waals surface area contributed by atoms with Gasteiger partial charge in [-0.3, -0.25) is 4.79 Å². The number of carbonyl (C=O) groups is 1. The first-order chi connectivity index (χ1) is 6.52. The van der Waals surface area contributed by atoms with Crippen LogP contribution < -0.4 is 11.1 Å². The topological polar surface area (TPSA) is 55.1 Å². The largest absolute Gasteiger partial charge is 0.396 e. The zero-order chi connectivity index (χ0) is 10.7. The van der Waals surface area contributed by atoms with E-state index in [1.807, 2.05) is 0 Å². The van der Waals surface area contributed by atoms with E-state index in [9.17, 15) is 4.79 Å². The Kier molecular flexibility index (Phi) is 3.77. The van der Waals surface area contributed by atoms with Gasteiger partial charge in [-0.25, -0.2) is 0 Å². The van der Waals surface area contributed by atoms with Gasteiger partial charge in [0.2, 0.25) is 5.91 Å². The number of rotatable bonds is 2. The minimum absolute atomic E-state index is 0.267. The fraction of sp³-hybridized carbons (Fsp3) is 0.222. The van der Waals surface area contributed by atoms with Crippen molar-refractivity contribution in [1.82, 2.24) is 0 Å². The molecule has 0 heterocycles. The van der Waals surface area contributed by atoms with Crippen molar-refractivity contribution in [3.8, 4) is 0 Å². The molecule has 14 heavy (non-hydrogen) atoms. The highest BCUT2D eigenvalue weighted by Crippen LogP contribution is 2.27. The molecule has 0 aliphatic rings. The third-order valence-corrected chi connectivity index (χ3v) is 2.56. The Balaban J connectivity index is 2.87. The third kappa shape index (κ3) is 2.62. The van der Waals surface area contributed by atoms with E-state index in [2.05, 4.69) is 21.2 Å². The molecule has 1 aromatic rings. The maximum atomic E-state index is 11.3. The molecule has 0 aliphatic carbocycles. The molecule has 1 unspecified atom stereocenters. The molecule has 0 aliphatic heterocycles. The lowest BCUT2D eigenvalue weighted by atomic mass is 10.2. The number of halogens is 2. The number of anilines is 2. The summed E-state index contributed by atoms with van der Waals surface area (Å²) in [5, 5.41) is 2.05. The Bertz CT molecular complexity index is 355. The lowest BCUT2D eigenvalue weighted by Gasteiger charge is -2.09. The number of nitrogens with one attached hydrogen (secondary N) is 1. The second kappa shape index (κ2) is 4.66. The molecule has 5 heteroatoms. The first-order valence-electron chi connectivity index (χ1n) is 4.01. The molecule has 3 nitrogen and oxygen atoms in total. The summed E-state index contributed by atoms with van der Waals surface area (Å²) in [4.78, 5) is 11.3. The van der Waals surface area contributed by atoms with E-state index in [4.69, 9.17) is 17.3 Å². The van der Waals surface area contributed by atoms with Crippen LogP contribution in [0.5, 0.6) is 0 Å². The number of alkyl halides is 1. The maximum Gasteiger partial charge on any atom is 0.242 e. The monoisotopic (exact) mass is 276 g/mol. The van der Waals surface area contributed by atoms with Crippen LogP contribution in [0.1, 0.15) is 6.92 Å². The quantitative estimate of drug-likeness (QED) is 0.645. The van der Waals surface area contributed by atoms with E-state index >= 15 is 0 Å². The van der Waals surface area contributed by atoms with Crippen molar-refractivity contribution in [2.45, 2.75) is 12.3 Å². The van der Waals surface area contributed by atoms with Crippen molar-refractivity contribution in [1.29, 1.82) is 0 Å². The van der Waals surface area contributed by atoms with Gasteiger partial charge in [0.15, 0.2) is 0 Å². The fourth-order valence-corrected chi connectivity index (χ4v) is 1.30. The van der Waals surface area contributed by atoms with E-state index in [0.29, 0.717) is 11.4 Å². The van der Waals surface area contributed by atoms with Crippen LogP contribution in [0.2, 0.25) is 0 Å². The summed E-state index contributed by atoms with van der Waals surface area (Å²) in [5.74, 6) is -0.267. The number of nitrogen functional groups attached to an aromatic ring is 1. The summed E-state index contributed by atoms with van der Waals surface area (Å²) in [7, 11) is 0. The normalized spacial score (nSPS) is 12.2. The van der Waals surface area contributed by atoms with Crippen LogP contribution in [-0.4, -0.2) is 11.3 Å². The van der Waals surface area contributed by atoms with E-state index in [1.54, 1.807) is 25.1 Å². The smallest absolute Gasteiger partial charge is 0.242 e. The Hall–Kier alpha value is -0.740. The summed E-state index contributed by atoms with van der Waals surface area (Å²) in [6, 6.07) is 5.31. The van der Waals surface area contributed by atoms with Gasteiger partial charge in [0.1, 0.15) is 5.38 Å². The van der Waals surface area contributed by atoms with Crippen LogP contribution in [0.4, 0.5) is 11.4 Å². The first kappa shape index (κ1) is 11.3. The van der Waals surface area contributed by atoms with E-state index < -0.39 is 5.38 Å². The van der Waals surface area contributed by atoms with Gasteiger partial charge in [-0.2, -0.15) is 0 Å². The van der Waals surface area contributed by atoms with E-state index in [1.165, 1.54) is 0 Å². The highest BCUT2D eigenvalue weighted by molar-refractivity contribution is 9.10. The highest BCUT2D eigenvalue weighted by Gasteiger charge is 2.11. The predicted octanol–water partition coefficient (Wildman–Crippen LogP) is 2.60. The summed E-state index contributed by atoms with van der Waals surface area (Å²) in [6.45, 7) is 1.60. The van der Waals surface area contributed by atoms with Gasteiger partial charge in [-0.05, 0) is 35.0 Å². The summed E-state index contributed by atoms with van der Waals surface area (Å²) in [5.41, 5.74) is 6.79. The molecule has 3 N–H and O–H groups in total. The fourth-order valence-electron chi connectivity index (χ4n) is 0.878. The number of nitrogens with two attached hydrogens (primary N) is 1. The molecular weight excluding hydrogens is 267 g/mol. The second-order valence-electron chi connectivity index (χ2n) is 2.81. The van der Waals surface area contributed by atoms with Crippen molar-refractivity contribution < 1.29 is 4.79 Å². The van der Waals surface area contributed by atoms with Crippen molar-refractivity contribution >= 4 is 44.8 Å². The molecule has 1 aromatic carbocycles. The maximum absolute atomic E-state index is 11.3. The van der Waals surface area contributed by atoms with Gasteiger partial charge in [0.05, 0.1) is 11.4 Å². The molecule has 0 bridgehead atoms. The number of amides is 1. The molecule has 1 rings (SSSR count). The summed E-state index contributed by atoms with van der Waals surface area (Å²) in [6.07, 6.45) is 0. The van der Waals surface area contributed by atoms with Crippen LogP contribution in [0.3, 0.4) is 0 Å². The van der Waals surface area contributed by atoms with Crippen molar-refractivity contribution in [2.24, 2.45) is 0 Å². The molecule has 0 saturated carbocycles. The van der Waals surface area contributed by atoms with E-state index in [-0.39, 0.29) is 5.91 Å². The summed E-state index contributed by atoms with van der Waals surface area (Å²) >= 11 is 8.87. The Labute approximate surface area is 95.7 Å². The minimum Gasteiger partial charge on any atom is -0.396 e. The molecule has 0 fully saturated rings. The van der Waals surface area contributed by atoms with Gasteiger partial charge in [-0.1, -0.05) is 6.07 Å². The zero-order valence-electron chi connectivity index (χ0n) is 7.55. The number of hydrogen-bond acceptors (Lipinski definition) is 2. The molecule has 1 amide bonds. The second-order valence-corrected chi connectivity index (χ2v) is 4.32. The van der Waals surface area contributed by atoms with E-state index in [0.717, 1.165) is 4.47 Å². The Morgan fingerprint density at radius 3 is 2.86 bits per heavy atom. The third-order valence-electron chi connectivity index (χ3n) is 1.67. The lowest BCUT2D eigenvalue weighted by Crippen LogP contribution is -2.20. The molecule has 0 aromatic heterocycles. The first-order valence-corrected chi connectivity index (χ1v) is 5.24. The number of carbonyl (C=O) groups excluding carboxylic acids is 1. The van der Waals surface area contributed by atoms with Crippen LogP contribution in [0, 0.1) is 0 Å². The SMILES string of the molecule is CC(Cl)C(=O)Nc1cccc(Br)c1N. The molecule has 76 valence electrons. The number of para-hydroxylation sites is 1. The molecular formula is C9H10BrClN2O. The number of hydrogen-bond donors (Lipinski definition) is 2. The van der Waals surface area contributed by atoms with Crippen LogP contribution in [0.25, 0.3) is 0 Å². The van der Waals surface area contributed by atoms with Crippen LogP contribution in [0.15, 0.2) is 22.7 Å². The average Bonchev–Trinajstić information content (AvgIpc) is 2.12. The van der Waals surface area contributed by atoms with Gasteiger partial charge in [-0.15, -0.1) is 11.6 Å².